The van der Waals surface area contributed by atoms with Crippen molar-refractivity contribution >= 4 is 46.0 Å². The number of carbonyl (C=O) groups is 2. The maximum absolute atomic E-state index is 12.3. The van der Waals surface area contributed by atoms with Crippen molar-refractivity contribution in [1.29, 1.82) is 0 Å². The minimum absolute atomic E-state index is 0.0210. The summed E-state index contributed by atoms with van der Waals surface area (Å²) in [5.74, 6) is -1.26. The van der Waals surface area contributed by atoms with E-state index in [0.29, 0.717) is 9.21 Å². The van der Waals surface area contributed by atoms with Gasteiger partial charge in [-0.05, 0) is 18.2 Å². The van der Waals surface area contributed by atoms with Crippen molar-refractivity contribution in [3.8, 4) is 0 Å². The van der Waals surface area contributed by atoms with Gasteiger partial charge in [0.2, 0.25) is 0 Å². The number of fused-ring (bicyclic) bond motifs is 1. The van der Waals surface area contributed by atoms with Crippen LogP contribution in [0.3, 0.4) is 0 Å². The van der Waals surface area contributed by atoms with Gasteiger partial charge in [-0.25, -0.2) is 0 Å². The van der Waals surface area contributed by atoms with E-state index in [1.54, 1.807) is 0 Å². The normalized spacial score (nSPS) is 19.3. The largest absolute Gasteiger partial charge is 0.375 e. The third-order valence-electron chi connectivity index (χ3n) is 3.55. The van der Waals surface area contributed by atoms with Crippen molar-refractivity contribution in [3.05, 3.63) is 55.2 Å². The van der Waals surface area contributed by atoms with E-state index in [1.165, 1.54) is 24.3 Å². The Labute approximate surface area is 138 Å². The van der Waals surface area contributed by atoms with E-state index >= 15 is 0 Å². The van der Waals surface area contributed by atoms with Crippen LogP contribution >= 0.6 is 22.9 Å². The standard InChI is InChI=1S/C14H9ClN2O5S/c15-12-4-3-11(23-12)10(18)6-14(20)8-5-7(17(21)22)1-2-9(8)16-13(14)19/h1-5,20H,6H2,(H,16,19)/t14-/m0/s1. The number of nitro benzene ring substituents is 1. The van der Waals surface area contributed by atoms with Crippen LogP contribution in [-0.4, -0.2) is 21.7 Å². The predicted octanol–water partition coefficient (Wildman–Crippen LogP) is 2.72. The Morgan fingerprint density at radius 2 is 2.13 bits per heavy atom. The first-order valence-electron chi connectivity index (χ1n) is 6.42. The fourth-order valence-corrected chi connectivity index (χ4v) is 3.38. The first-order valence-corrected chi connectivity index (χ1v) is 7.62. The van der Waals surface area contributed by atoms with Crippen LogP contribution in [0.2, 0.25) is 4.34 Å². The van der Waals surface area contributed by atoms with Crippen LogP contribution in [0.25, 0.3) is 0 Å². The molecule has 1 aliphatic heterocycles. The average molecular weight is 353 g/mol. The third kappa shape index (κ3) is 2.61. The molecule has 1 aromatic carbocycles. The minimum atomic E-state index is -2.14. The number of hydrogen-bond donors (Lipinski definition) is 2. The van der Waals surface area contributed by atoms with Gasteiger partial charge in [-0.2, -0.15) is 0 Å². The van der Waals surface area contributed by atoms with Crippen molar-refractivity contribution < 1.29 is 19.6 Å². The highest BCUT2D eigenvalue weighted by molar-refractivity contribution is 7.18. The van der Waals surface area contributed by atoms with Crippen LogP contribution in [-0.2, 0) is 10.4 Å². The molecule has 0 fully saturated rings. The number of anilines is 1. The van der Waals surface area contributed by atoms with Gasteiger partial charge in [-0.15, -0.1) is 11.3 Å². The molecule has 0 saturated heterocycles. The van der Waals surface area contributed by atoms with E-state index in [4.69, 9.17) is 11.6 Å². The zero-order valence-corrected chi connectivity index (χ0v) is 13.0. The Kier molecular flexibility index (Phi) is 3.67. The summed E-state index contributed by atoms with van der Waals surface area (Å²) >= 11 is 6.80. The maximum atomic E-state index is 12.3. The summed E-state index contributed by atoms with van der Waals surface area (Å²) in [7, 11) is 0. The highest BCUT2D eigenvalue weighted by Crippen LogP contribution is 2.41. The van der Waals surface area contributed by atoms with E-state index in [-0.39, 0.29) is 16.9 Å². The minimum Gasteiger partial charge on any atom is -0.375 e. The van der Waals surface area contributed by atoms with E-state index in [0.717, 1.165) is 17.4 Å². The van der Waals surface area contributed by atoms with Crippen molar-refractivity contribution in [3.63, 3.8) is 0 Å². The second-order valence-electron chi connectivity index (χ2n) is 5.01. The monoisotopic (exact) mass is 352 g/mol. The number of halogens is 1. The summed E-state index contributed by atoms with van der Waals surface area (Å²) in [6.45, 7) is 0. The average Bonchev–Trinajstić information content (AvgIpc) is 3.02. The molecule has 23 heavy (non-hydrogen) atoms. The molecule has 0 saturated carbocycles. The van der Waals surface area contributed by atoms with Crippen molar-refractivity contribution in [1.82, 2.24) is 0 Å². The number of benzene rings is 1. The SMILES string of the molecule is O=C(C[C@@]1(O)C(=O)Nc2ccc([N+](=O)[O-])cc21)c1ccc(Cl)s1. The molecule has 2 N–H and O–H groups in total. The first-order chi connectivity index (χ1) is 10.8. The molecule has 1 amide bonds. The number of non-ortho nitro benzene ring substituents is 1. The summed E-state index contributed by atoms with van der Waals surface area (Å²) in [6, 6.07) is 6.68. The molecular formula is C14H9ClN2O5S. The molecule has 2 aromatic rings. The smallest absolute Gasteiger partial charge is 0.269 e. The molecule has 0 aliphatic carbocycles. The lowest BCUT2D eigenvalue weighted by atomic mass is 9.89. The quantitative estimate of drug-likeness (QED) is 0.499. The maximum Gasteiger partial charge on any atom is 0.269 e. The first kappa shape index (κ1) is 15.6. The number of thiophene rings is 1. The van der Waals surface area contributed by atoms with Gasteiger partial charge in [0.15, 0.2) is 11.4 Å². The number of ketones is 1. The van der Waals surface area contributed by atoms with Crippen LogP contribution in [0.4, 0.5) is 11.4 Å². The number of nitrogens with zero attached hydrogens (tertiary/aromatic N) is 1. The molecule has 118 valence electrons. The zero-order chi connectivity index (χ0) is 16.8. The van der Waals surface area contributed by atoms with Crippen LogP contribution in [0.15, 0.2) is 30.3 Å². The summed E-state index contributed by atoms with van der Waals surface area (Å²) in [5, 5.41) is 24.0. The summed E-state index contributed by atoms with van der Waals surface area (Å²) < 4.78 is 0.409. The van der Waals surface area contributed by atoms with Gasteiger partial charge in [0.05, 0.1) is 20.6 Å². The van der Waals surface area contributed by atoms with E-state index < -0.39 is 28.6 Å². The molecule has 9 heteroatoms. The molecule has 0 radical (unpaired) electrons. The Hall–Kier alpha value is -2.29. The Morgan fingerprint density at radius 1 is 1.39 bits per heavy atom. The Morgan fingerprint density at radius 3 is 2.74 bits per heavy atom. The zero-order valence-electron chi connectivity index (χ0n) is 11.4. The van der Waals surface area contributed by atoms with E-state index in [9.17, 15) is 24.8 Å². The highest BCUT2D eigenvalue weighted by Gasteiger charge is 2.47. The number of Topliss-reactive ketones (excluding diaryl/α,β-unsaturated/α-hetero) is 1. The molecule has 0 bridgehead atoms. The number of aliphatic hydroxyl groups is 1. The number of amides is 1. The summed E-state index contributed by atoms with van der Waals surface area (Å²) in [5.41, 5.74) is -2.15. The fourth-order valence-electron chi connectivity index (χ4n) is 2.40. The lowest BCUT2D eigenvalue weighted by Crippen LogP contribution is -2.36. The Bertz CT molecular complexity index is 849. The molecule has 3 rings (SSSR count). The van der Waals surface area contributed by atoms with E-state index in [1.807, 2.05) is 0 Å². The molecule has 1 aromatic heterocycles. The molecule has 0 unspecified atom stereocenters. The van der Waals surface area contributed by atoms with Gasteiger partial charge in [0.1, 0.15) is 0 Å². The second-order valence-corrected chi connectivity index (χ2v) is 6.72. The van der Waals surface area contributed by atoms with Crippen LogP contribution in [0, 0.1) is 10.1 Å². The molecule has 7 nitrogen and oxygen atoms in total. The number of carbonyl (C=O) groups excluding carboxylic acids is 2. The van der Waals surface area contributed by atoms with Crippen molar-refractivity contribution in [2.75, 3.05) is 5.32 Å². The number of rotatable bonds is 4. The van der Waals surface area contributed by atoms with Crippen LogP contribution in [0.1, 0.15) is 21.7 Å². The number of nitrogens with one attached hydrogen (secondary N) is 1. The second kappa shape index (κ2) is 5.41. The Balaban J connectivity index is 1.98. The van der Waals surface area contributed by atoms with Crippen molar-refractivity contribution in [2.24, 2.45) is 0 Å². The number of nitro groups is 1. The van der Waals surface area contributed by atoms with Gasteiger partial charge in [0.25, 0.3) is 11.6 Å². The molecule has 0 spiro atoms. The molecule has 1 atom stereocenters. The van der Waals surface area contributed by atoms with E-state index in [2.05, 4.69) is 5.32 Å². The van der Waals surface area contributed by atoms with Crippen LogP contribution < -0.4 is 5.32 Å². The topological polar surface area (TPSA) is 110 Å². The molecule has 1 aliphatic rings. The molecule has 2 heterocycles. The summed E-state index contributed by atoms with van der Waals surface area (Å²) in [6.07, 6.45) is -0.524. The third-order valence-corrected chi connectivity index (χ3v) is 4.82. The van der Waals surface area contributed by atoms with Gasteiger partial charge in [-0.1, -0.05) is 11.6 Å². The number of hydrogen-bond acceptors (Lipinski definition) is 6. The molecular weight excluding hydrogens is 344 g/mol. The highest BCUT2D eigenvalue weighted by atomic mass is 35.5. The fraction of sp³-hybridized carbons (Fsp3) is 0.143. The predicted molar refractivity (Wildman–Crippen MR) is 83.9 cm³/mol. The lowest BCUT2D eigenvalue weighted by molar-refractivity contribution is -0.385. The van der Waals surface area contributed by atoms with Crippen molar-refractivity contribution in [2.45, 2.75) is 12.0 Å². The van der Waals surface area contributed by atoms with Gasteiger partial charge in [0, 0.05) is 23.4 Å². The summed E-state index contributed by atoms with van der Waals surface area (Å²) in [4.78, 5) is 34.9. The van der Waals surface area contributed by atoms with Gasteiger partial charge >= 0.3 is 0 Å². The van der Waals surface area contributed by atoms with Crippen LogP contribution in [0.5, 0.6) is 0 Å². The lowest BCUT2D eigenvalue weighted by Gasteiger charge is -2.19. The van der Waals surface area contributed by atoms with Gasteiger partial charge < -0.3 is 10.4 Å². The van der Waals surface area contributed by atoms with Gasteiger partial charge in [-0.3, -0.25) is 19.7 Å².